The fraction of sp³-hybridized carbons (Fsp3) is 0.417. The molecule has 0 unspecified atom stereocenters. The van der Waals surface area contributed by atoms with E-state index < -0.39 is 16.0 Å². The van der Waals surface area contributed by atoms with Gasteiger partial charge in [0.25, 0.3) is 0 Å². The Morgan fingerprint density at radius 3 is 2.68 bits per heavy atom. The second-order valence-electron chi connectivity index (χ2n) is 3.79. The molecule has 0 atom stereocenters. The molecule has 0 spiro atoms. The Kier molecular flexibility index (Phi) is 6.47. The summed E-state index contributed by atoms with van der Waals surface area (Å²) in [6.45, 7) is 2.12. The van der Waals surface area contributed by atoms with Crippen molar-refractivity contribution in [3.8, 4) is 0 Å². The van der Waals surface area contributed by atoms with Crippen LogP contribution >= 0.6 is 15.9 Å². The molecule has 0 aromatic heterocycles. The Labute approximate surface area is 121 Å². The van der Waals surface area contributed by atoms with E-state index in [9.17, 15) is 13.2 Å². The van der Waals surface area contributed by atoms with E-state index in [1.165, 1.54) is 0 Å². The van der Waals surface area contributed by atoms with Crippen LogP contribution < -0.4 is 4.72 Å². The first-order valence-corrected chi connectivity index (χ1v) is 8.25. The van der Waals surface area contributed by atoms with Crippen LogP contribution in [0.1, 0.15) is 18.9 Å². The highest BCUT2D eigenvalue weighted by molar-refractivity contribution is 9.10. The van der Waals surface area contributed by atoms with Gasteiger partial charge in [-0.25, -0.2) is 13.1 Å². The van der Waals surface area contributed by atoms with Crippen molar-refractivity contribution >= 4 is 31.9 Å². The lowest BCUT2D eigenvalue weighted by Crippen LogP contribution is -2.27. The van der Waals surface area contributed by atoms with Crippen LogP contribution in [0.4, 0.5) is 0 Å². The Morgan fingerprint density at radius 2 is 2.05 bits per heavy atom. The summed E-state index contributed by atoms with van der Waals surface area (Å²) in [7, 11) is -3.48. The van der Waals surface area contributed by atoms with Crippen LogP contribution in [-0.2, 0) is 26.1 Å². The van der Waals surface area contributed by atoms with Crippen molar-refractivity contribution in [2.75, 3.05) is 12.4 Å². The first-order chi connectivity index (χ1) is 8.94. The van der Waals surface area contributed by atoms with Crippen molar-refractivity contribution in [1.29, 1.82) is 0 Å². The molecular formula is C12H16BrNO4S. The molecule has 0 aliphatic rings. The minimum Gasteiger partial charge on any atom is -0.466 e. The summed E-state index contributed by atoms with van der Waals surface area (Å²) in [6, 6.07) is 7.33. The predicted molar refractivity (Wildman–Crippen MR) is 76.0 cm³/mol. The number of benzene rings is 1. The fourth-order valence-electron chi connectivity index (χ4n) is 1.35. The monoisotopic (exact) mass is 349 g/mol. The van der Waals surface area contributed by atoms with E-state index in [4.69, 9.17) is 0 Å². The number of rotatable bonds is 7. The molecule has 1 rings (SSSR count). The smallest absolute Gasteiger partial charge is 0.306 e. The standard InChI is InChI=1S/C12H16BrNO4S/c1-2-18-12(15)7-8-19(16,17)14-9-10-5-3-4-6-11(10)13/h3-6,14H,2,7-9H2,1H3. The molecule has 0 saturated carbocycles. The molecule has 5 nitrogen and oxygen atoms in total. The van der Waals surface area contributed by atoms with Gasteiger partial charge in [-0.1, -0.05) is 34.1 Å². The van der Waals surface area contributed by atoms with Gasteiger partial charge in [0.1, 0.15) is 0 Å². The van der Waals surface area contributed by atoms with Gasteiger partial charge in [-0.2, -0.15) is 0 Å². The molecular weight excluding hydrogens is 334 g/mol. The lowest BCUT2D eigenvalue weighted by molar-refractivity contribution is -0.142. The quantitative estimate of drug-likeness (QED) is 0.762. The largest absolute Gasteiger partial charge is 0.466 e. The summed E-state index contributed by atoms with van der Waals surface area (Å²) >= 11 is 3.34. The van der Waals surface area contributed by atoms with E-state index in [-0.39, 0.29) is 25.3 Å². The van der Waals surface area contributed by atoms with Gasteiger partial charge in [-0.15, -0.1) is 0 Å². The highest BCUT2D eigenvalue weighted by Crippen LogP contribution is 2.15. The first-order valence-electron chi connectivity index (χ1n) is 5.81. The van der Waals surface area contributed by atoms with E-state index in [2.05, 4.69) is 25.4 Å². The molecule has 1 aromatic carbocycles. The fourth-order valence-corrected chi connectivity index (χ4v) is 2.73. The molecule has 0 amide bonds. The molecule has 7 heteroatoms. The van der Waals surface area contributed by atoms with Crippen LogP contribution in [0.2, 0.25) is 0 Å². The maximum Gasteiger partial charge on any atom is 0.306 e. The number of carbonyl (C=O) groups excluding carboxylic acids is 1. The van der Waals surface area contributed by atoms with Gasteiger partial charge in [0.15, 0.2) is 0 Å². The molecule has 19 heavy (non-hydrogen) atoms. The van der Waals surface area contributed by atoms with Gasteiger partial charge in [-0.05, 0) is 18.6 Å². The molecule has 1 aromatic rings. The Balaban J connectivity index is 2.47. The summed E-state index contributed by atoms with van der Waals surface area (Å²) in [5, 5.41) is 0. The minimum atomic E-state index is -3.48. The number of hydrogen-bond acceptors (Lipinski definition) is 4. The number of halogens is 1. The van der Waals surface area contributed by atoms with Gasteiger partial charge in [0.05, 0.1) is 18.8 Å². The maximum atomic E-state index is 11.7. The number of nitrogens with one attached hydrogen (secondary N) is 1. The third-order valence-corrected chi connectivity index (χ3v) is 4.42. The zero-order valence-electron chi connectivity index (χ0n) is 10.6. The molecule has 0 heterocycles. The normalized spacial score (nSPS) is 11.3. The van der Waals surface area contributed by atoms with Crippen LogP contribution in [0.15, 0.2) is 28.7 Å². The van der Waals surface area contributed by atoms with Crippen molar-refractivity contribution in [3.05, 3.63) is 34.3 Å². The Hall–Kier alpha value is -0.920. The van der Waals surface area contributed by atoms with Crippen LogP contribution in [0.3, 0.4) is 0 Å². The van der Waals surface area contributed by atoms with E-state index >= 15 is 0 Å². The molecule has 1 N–H and O–H groups in total. The maximum absolute atomic E-state index is 11.7. The highest BCUT2D eigenvalue weighted by Gasteiger charge is 2.14. The molecule has 0 bridgehead atoms. The van der Waals surface area contributed by atoms with Crippen LogP contribution in [-0.4, -0.2) is 26.7 Å². The van der Waals surface area contributed by atoms with Crippen molar-refractivity contribution in [3.63, 3.8) is 0 Å². The van der Waals surface area contributed by atoms with Gasteiger partial charge in [-0.3, -0.25) is 4.79 Å². The van der Waals surface area contributed by atoms with Gasteiger partial charge in [0.2, 0.25) is 10.0 Å². The van der Waals surface area contributed by atoms with Crippen molar-refractivity contribution in [2.24, 2.45) is 0 Å². The molecule has 0 aliphatic heterocycles. The summed E-state index contributed by atoms with van der Waals surface area (Å²) in [6.07, 6.45) is -0.140. The van der Waals surface area contributed by atoms with Gasteiger partial charge >= 0.3 is 5.97 Å². The molecule has 0 aliphatic carbocycles. The molecule has 106 valence electrons. The summed E-state index contributed by atoms with van der Waals surface area (Å²) < 4.78 is 31.3. The highest BCUT2D eigenvalue weighted by atomic mass is 79.9. The first kappa shape index (κ1) is 16.1. The average molecular weight is 350 g/mol. The van der Waals surface area contributed by atoms with E-state index in [0.29, 0.717) is 0 Å². The lowest BCUT2D eigenvalue weighted by Gasteiger charge is -2.08. The topological polar surface area (TPSA) is 72.5 Å². The van der Waals surface area contributed by atoms with Crippen molar-refractivity contribution < 1.29 is 17.9 Å². The van der Waals surface area contributed by atoms with E-state index in [0.717, 1.165) is 10.0 Å². The average Bonchev–Trinajstić information content (AvgIpc) is 2.36. The van der Waals surface area contributed by atoms with Crippen molar-refractivity contribution in [1.82, 2.24) is 4.72 Å². The third kappa shape index (κ3) is 6.17. The van der Waals surface area contributed by atoms with Gasteiger partial charge in [0, 0.05) is 11.0 Å². The second kappa shape index (κ2) is 7.62. The number of sulfonamides is 1. The minimum absolute atomic E-state index is 0.140. The zero-order chi connectivity index (χ0) is 14.3. The van der Waals surface area contributed by atoms with Crippen molar-refractivity contribution in [2.45, 2.75) is 19.9 Å². The summed E-state index contributed by atoms with van der Waals surface area (Å²) in [4.78, 5) is 11.1. The number of hydrogen-bond donors (Lipinski definition) is 1. The molecule has 0 saturated heterocycles. The van der Waals surface area contributed by atoms with E-state index in [1.54, 1.807) is 6.92 Å². The number of ether oxygens (including phenoxy) is 1. The summed E-state index contributed by atoms with van der Waals surface area (Å²) in [5.74, 6) is -0.773. The molecule has 0 fully saturated rings. The van der Waals surface area contributed by atoms with Crippen LogP contribution in [0, 0.1) is 0 Å². The number of esters is 1. The van der Waals surface area contributed by atoms with E-state index in [1.807, 2.05) is 24.3 Å². The lowest BCUT2D eigenvalue weighted by atomic mass is 10.2. The Morgan fingerprint density at radius 1 is 1.37 bits per heavy atom. The van der Waals surface area contributed by atoms with Crippen LogP contribution in [0.5, 0.6) is 0 Å². The van der Waals surface area contributed by atoms with Gasteiger partial charge < -0.3 is 4.74 Å². The third-order valence-electron chi connectivity index (χ3n) is 2.32. The van der Waals surface area contributed by atoms with Crippen LogP contribution in [0.25, 0.3) is 0 Å². The molecule has 0 radical (unpaired) electrons. The Bertz CT molecular complexity index is 530. The predicted octanol–water partition coefficient (Wildman–Crippen LogP) is 1.82. The second-order valence-corrected chi connectivity index (χ2v) is 6.57. The SMILES string of the molecule is CCOC(=O)CCS(=O)(=O)NCc1ccccc1Br. The number of carbonyl (C=O) groups is 1. The zero-order valence-corrected chi connectivity index (χ0v) is 13.0. The summed E-state index contributed by atoms with van der Waals surface area (Å²) in [5.41, 5.74) is 0.835.